The van der Waals surface area contributed by atoms with Gasteiger partial charge in [-0.3, -0.25) is 9.59 Å². The predicted octanol–water partition coefficient (Wildman–Crippen LogP) is 2.60. The molecule has 0 radical (unpaired) electrons. The van der Waals surface area contributed by atoms with E-state index < -0.39 is 0 Å². The van der Waals surface area contributed by atoms with Gasteiger partial charge in [-0.25, -0.2) is 0 Å². The SMILES string of the molecule is Cc1cc(N2C[C@H](C(=O)Nc3nncs3)CC2=O)ccc1Br. The van der Waals surface area contributed by atoms with Crippen LogP contribution < -0.4 is 10.2 Å². The smallest absolute Gasteiger partial charge is 0.231 e. The third kappa shape index (κ3) is 3.02. The summed E-state index contributed by atoms with van der Waals surface area (Å²) in [6, 6.07) is 5.72. The maximum atomic E-state index is 12.2. The molecule has 2 aromatic rings. The fourth-order valence-corrected chi connectivity index (χ4v) is 3.06. The van der Waals surface area contributed by atoms with Crippen LogP contribution in [0.15, 0.2) is 28.2 Å². The lowest BCUT2D eigenvalue weighted by Crippen LogP contribution is -2.28. The highest BCUT2D eigenvalue weighted by molar-refractivity contribution is 9.10. The Hall–Kier alpha value is -1.80. The van der Waals surface area contributed by atoms with Crippen LogP contribution in [0.1, 0.15) is 12.0 Å². The minimum atomic E-state index is -0.375. The quantitative estimate of drug-likeness (QED) is 0.887. The lowest BCUT2D eigenvalue weighted by molar-refractivity contribution is -0.122. The molecule has 1 fully saturated rings. The van der Waals surface area contributed by atoms with Crippen molar-refractivity contribution in [1.82, 2.24) is 10.2 Å². The molecule has 1 saturated heterocycles. The highest BCUT2D eigenvalue weighted by atomic mass is 79.9. The van der Waals surface area contributed by atoms with Crippen LogP contribution in [0, 0.1) is 12.8 Å². The topological polar surface area (TPSA) is 75.2 Å². The molecular weight excluding hydrogens is 368 g/mol. The Morgan fingerprint density at radius 3 is 3.00 bits per heavy atom. The number of hydrogen-bond donors (Lipinski definition) is 1. The first-order chi connectivity index (χ1) is 10.5. The van der Waals surface area contributed by atoms with E-state index in [1.807, 2.05) is 25.1 Å². The van der Waals surface area contributed by atoms with Gasteiger partial charge in [0.05, 0.1) is 5.92 Å². The first-order valence-corrected chi connectivity index (χ1v) is 8.35. The molecule has 8 heteroatoms. The molecule has 1 aromatic heterocycles. The van der Waals surface area contributed by atoms with E-state index in [4.69, 9.17) is 0 Å². The Labute approximate surface area is 139 Å². The zero-order valence-electron chi connectivity index (χ0n) is 11.7. The van der Waals surface area contributed by atoms with E-state index in [0.717, 1.165) is 15.7 Å². The second-order valence-corrected chi connectivity index (χ2v) is 6.76. The lowest BCUT2D eigenvalue weighted by Gasteiger charge is -2.17. The van der Waals surface area contributed by atoms with Crippen molar-refractivity contribution in [3.63, 3.8) is 0 Å². The minimum absolute atomic E-state index is 0.0425. The van der Waals surface area contributed by atoms with Gasteiger partial charge in [0.2, 0.25) is 16.9 Å². The number of halogens is 1. The van der Waals surface area contributed by atoms with Crippen molar-refractivity contribution in [3.05, 3.63) is 33.7 Å². The van der Waals surface area contributed by atoms with Crippen molar-refractivity contribution in [1.29, 1.82) is 0 Å². The van der Waals surface area contributed by atoms with Gasteiger partial charge < -0.3 is 10.2 Å². The van der Waals surface area contributed by atoms with Crippen LogP contribution in [0.4, 0.5) is 10.8 Å². The summed E-state index contributed by atoms with van der Waals surface area (Å²) in [6.45, 7) is 2.35. The number of nitrogens with zero attached hydrogens (tertiary/aromatic N) is 3. The number of aromatic nitrogens is 2. The van der Waals surface area contributed by atoms with Crippen LogP contribution in [0.3, 0.4) is 0 Å². The molecule has 1 aliphatic rings. The van der Waals surface area contributed by atoms with Crippen molar-refractivity contribution in [2.75, 3.05) is 16.8 Å². The summed E-state index contributed by atoms with van der Waals surface area (Å²) in [5.74, 6) is -0.610. The Bertz CT molecular complexity index is 720. The van der Waals surface area contributed by atoms with Gasteiger partial charge in [0, 0.05) is 23.1 Å². The summed E-state index contributed by atoms with van der Waals surface area (Å²) in [4.78, 5) is 26.1. The highest BCUT2D eigenvalue weighted by Gasteiger charge is 2.35. The van der Waals surface area contributed by atoms with Gasteiger partial charge in [-0.2, -0.15) is 0 Å². The van der Waals surface area contributed by atoms with Crippen molar-refractivity contribution in [2.45, 2.75) is 13.3 Å². The molecule has 2 heterocycles. The van der Waals surface area contributed by atoms with Crippen LogP contribution in [0.25, 0.3) is 0 Å². The van der Waals surface area contributed by atoms with Crippen LogP contribution in [-0.2, 0) is 9.59 Å². The molecule has 0 saturated carbocycles. The van der Waals surface area contributed by atoms with Gasteiger partial charge in [-0.05, 0) is 30.7 Å². The number of hydrogen-bond acceptors (Lipinski definition) is 5. The molecule has 114 valence electrons. The van der Waals surface area contributed by atoms with Crippen molar-refractivity contribution in [3.8, 4) is 0 Å². The molecule has 22 heavy (non-hydrogen) atoms. The van der Waals surface area contributed by atoms with Gasteiger partial charge >= 0.3 is 0 Å². The largest absolute Gasteiger partial charge is 0.312 e. The zero-order chi connectivity index (χ0) is 15.7. The number of carbonyl (C=O) groups excluding carboxylic acids is 2. The Morgan fingerprint density at radius 2 is 2.32 bits per heavy atom. The number of rotatable bonds is 3. The highest BCUT2D eigenvalue weighted by Crippen LogP contribution is 2.29. The molecule has 0 aliphatic carbocycles. The van der Waals surface area contributed by atoms with E-state index in [0.29, 0.717) is 11.7 Å². The number of benzene rings is 1. The molecule has 0 bridgehead atoms. The monoisotopic (exact) mass is 380 g/mol. The molecule has 3 rings (SSSR count). The number of nitrogens with one attached hydrogen (secondary N) is 1. The van der Waals surface area contributed by atoms with Gasteiger partial charge in [0.25, 0.3) is 0 Å². The molecule has 2 amide bonds. The van der Waals surface area contributed by atoms with Gasteiger partial charge in [-0.15, -0.1) is 10.2 Å². The number of anilines is 2. The van der Waals surface area contributed by atoms with Gasteiger partial charge in [-0.1, -0.05) is 27.3 Å². The Morgan fingerprint density at radius 1 is 1.50 bits per heavy atom. The number of carbonyl (C=O) groups is 2. The van der Waals surface area contributed by atoms with Crippen LogP contribution in [-0.4, -0.2) is 28.6 Å². The molecule has 1 aromatic carbocycles. The zero-order valence-corrected chi connectivity index (χ0v) is 14.1. The summed E-state index contributed by atoms with van der Waals surface area (Å²) in [5.41, 5.74) is 3.41. The van der Waals surface area contributed by atoms with Crippen LogP contribution in [0.5, 0.6) is 0 Å². The molecule has 1 N–H and O–H groups in total. The van der Waals surface area contributed by atoms with Gasteiger partial charge in [0.1, 0.15) is 5.51 Å². The molecule has 1 aliphatic heterocycles. The van der Waals surface area contributed by atoms with E-state index in [2.05, 4.69) is 31.4 Å². The number of aryl methyl sites for hydroxylation is 1. The minimum Gasteiger partial charge on any atom is -0.312 e. The Balaban J connectivity index is 1.72. The Kier molecular flexibility index (Phi) is 4.21. The summed E-state index contributed by atoms with van der Waals surface area (Å²) in [6.07, 6.45) is 0.208. The van der Waals surface area contributed by atoms with E-state index in [1.165, 1.54) is 11.3 Å². The van der Waals surface area contributed by atoms with E-state index in [-0.39, 0.29) is 24.2 Å². The fourth-order valence-electron chi connectivity index (χ4n) is 2.36. The van der Waals surface area contributed by atoms with Crippen molar-refractivity contribution >= 4 is 49.9 Å². The first kappa shape index (κ1) is 15.1. The molecule has 1 atom stereocenters. The van der Waals surface area contributed by atoms with Crippen molar-refractivity contribution < 1.29 is 9.59 Å². The second-order valence-electron chi connectivity index (χ2n) is 5.07. The summed E-state index contributed by atoms with van der Waals surface area (Å²) in [5, 5.41) is 10.6. The van der Waals surface area contributed by atoms with E-state index in [9.17, 15) is 9.59 Å². The lowest BCUT2D eigenvalue weighted by atomic mass is 10.1. The maximum absolute atomic E-state index is 12.2. The van der Waals surface area contributed by atoms with Gasteiger partial charge in [0.15, 0.2) is 0 Å². The second kappa shape index (κ2) is 6.13. The molecule has 0 unspecified atom stereocenters. The molecule has 6 nitrogen and oxygen atoms in total. The predicted molar refractivity (Wildman–Crippen MR) is 87.9 cm³/mol. The third-order valence-electron chi connectivity index (χ3n) is 3.54. The third-order valence-corrected chi connectivity index (χ3v) is 5.04. The number of amides is 2. The average Bonchev–Trinajstić information content (AvgIpc) is 3.11. The van der Waals surface area contributed by atoms with Crippen LogP contribution in [0.2, 0.25) is 0 Å². The molecular formula is C14H13BrN4O2S. The maximum Gasteiger partial charge on any atom is 0.231 e. The van der Waals surface area contributed by atoms with Crippen molar-refractivity contribution in [2.24, 2.45) is 5.92 Å². The van der Waals surface area contributed by atoms with Crippen LogP contribution >= 0.6 is 27.3 Å². The molecule has 0 spiro atoms. The normalized spacial score (nSPS) is 17.8. The fraction of sp³-hybridized carbons (Fsp3) is 0.286. The van der Waals surface area contributed by atoms with E-state index >= 15 is 0 Å². The summed E-state index contributed by atoms with van der Waals surface area (Å²) in [7, 11) is 0. The first-order valence-electron chi connectivity index (χ1n) is 6.68. The van der Waals surface area contributed by atoms with E-state index in [1.54, 1.807) is 10.4 Å². The summed E-state index contributed by atoms with van der Waals surface area (Å²) >= 11 is 4.70. The average molecular weight is 381 g/mol. The standard InChI is InChI=1S/C14H13BrN4O2S/c1-8-4-10(2-3-11(8)15)19-6-9(5-12(19)20)13(21)17-14-18-16-7-22-14/h2-4,7,9H,5-6H2,1H3,(H,17,18,21)/t9-/m1/s1. The summed E-state index contributed by atoms with van der Waals surface area (Å²) < 4.78 is 0.994.